The maximum Gasteiger partial charge on any atom is 0.404 e. The Morgan fingerprint density at radius 3 is 2.33 bits per heavy atom. The van der Waals surface area contributed by atoms with E-state index in [4.69, 9.17) is 10.5 Å². The molecule has 21 heavy (non-hydrogen) atoms. The molecule has 1 aliphatic carbocycles. The number of hydrogen-bond donors (Lipinski definition) is 1. The average Bonchev–Trinajstić information content (AvgIpc) is 2.43. The molecule has 0 aromatic rings. The summed E-state index contributed by atoms with van der Waals surface area (Å²) in [6, 6.07) is -2.14. The van der Waals surface area contributed by atoms with Crippen molar-refractivity contribution in [3.63, 3.8) is 0 Å². The molecule has 0 spiro atoms. The summed E-state index contributed by atoms with van der Waals surface area (Å²) >= 11 is 0. The molecule has 3 nitrogen and oxygen atoms in total. The van der Waals surface area contributed by atoms with Crippen molar-refractivity contribution < 1.29 is 22.7 Å². The van der Waals surface area contributed by atoms with Gasteiger partial charge in [0.05, 0.1) is 12.0 Å². The van der Waals surface area contributed by atoms with Gasteiger partial charge in [-0.15, -0.1) is 0 Å². The quantitative estimate of drug-likeness (QED) is 0.759. The van der Waals surface area contributed by atoms with E-state index in [0.717, 1.165) is 32.1 Å². The molecule has 3 atom stereocenters. The second-order valence-electron chi connectivity index (χ2n) is 6.07. The molecule has 2 N–H and O–H groups in total. The molecule has 0 aromatic carbocycles. The van der Waals surface area contributed by atoms with Crippen LogP contribution < -0.4 is 5.73 Å². The molecule has 0 aliphatic heterocycles. The summed E-state index contributed by atoms with van der Waals surface area (Å²) in [6.45, 7) is 3.49. The third kappa shape index (κ3) is 5.85. The molecular weight excluding hydrogens is 283 g/mol. The molecule has 0 radical (unpaired) electrons. The highest BCUT2D eigenvalue weighted by Crippen LogP contribution is 2.34. The van der Waals surface area contributed by atoms with Gasteiger partial charge in [-0.05, 0) is 25.7 Å². The molecule has 124 valence electrons. The van der Waals surface area contributed by atoms with Crippen LogP contribution in [-0.2, 0) is 9.53 Å². The number of hydrogen-bond acceptors (Lipinski definition) is 3. The lowest BCUT2D eigenvalue weighted by atomic mass is 9.80. The topological polar surface area (TPSA) is 52.3 Å². The second kappa shape index (κ2) is 8.01. The summed E-state index contributed by atoms with van der Waals surface area (Å²) in [5, 5.41) is 0. The predicted molar refractivity (Wildman–Crippen MR) is 74.6 cm³/mol. The van der Waals surface area contributed by atoms with Crippen molar-refractivity contribution in [1.82, 2.24) is 0 Å². The molecule has 1 unspecified atom stereocenters. The number of rotatable bonds is 6. The van der Waals surface area contributed by atoms with Gasteiger partial charge in [-0.2, -0.15) is 13.2 Å². The van der Waals surface area contributed by atoms with Crippen LogP contribution in [0.3, 0.4) is 0 Å². The number of alkyl halides is 3. The highest BCUT2D eigenvalue weighted by Gasteiger charge is 2.46. The first-order chi connectivity index (χ1) is 9.75. The summed E-state index contributed by atoms with van der Waals surface area (Å²) < 4.78 is 43.8. The Morgan fingerprint density at radius 1 is 1.29 bits per heavy atom. The summed E-state index contributed by atoms with van der Waals surface area (Å²) in [7, 11) is 0. The summed E-state index contributed by atoms with van der Waals surface area (Å²) in [5.41, 5.74) is 5.30. The van der Waals surface area contributed by atoms with Gasteiger partial charge in [-0.25, -0.2) is 0 Å². The van der Waals surface area contributed by atoms with Gasteiger partial charge >= 0.3 is 12.1 Å². The monoisotopic (exact) mass is 309 g/mol. The minimum atomic E-state index is -4.58. The van der Waals surface area contributed by atoms with E-state index in [1.54, 1.807) is 6.92 Å². The first-order valence-electron chi connectivity index (χ1n) is 7.78. The van der Waals surface area contributed by atoms with Gasteiger partial charge < -0.3 is 10.5 Å². The van der Waals surface area contributed by atoms with Crippen LogP contribution in [0, 0.1) is 11.8 Å². The smallest absolute Gasteiger partial charge is 0.404 e. The van der Waals surface area contributed by atoms with Crippen molar-refractivity contribution >= 4 is 5.97 Å². The average molecular weight is 309 g/mol. The Hall–Kier alpha value is -0.780. The highest BCUT2D eigenvalue weighted by molar-refractivity contribution is 5.73. The Morgan fingerprint density at radius 2 is 1.86 bits per heavy atom. The maximum absolute atomic E-state index is 12.9. The van der Waals surface area contributed by atoms with E-state index in [9.17, 15) is 18.0 Å². The zero-order chi connectivity index (χ0) is 16.0. The van der Waals surface area contributed by atoms with Crippen molar-refractivity contribution in [2.45, 2.75) is 77.1 Å². The number of carbonyl (C=O) groups is 1. The Balaban J connectivity index is 2.75. The minimum absolute atomic E-state index is 0.140. The van der Waals surface area contributed by atoms with Gasteiger partial charge in [0.2, 0.25) is 0 Å². The lowest BCUT2D eigenvalue weighted by Gasteiger charge is -2.30. The first kappa shape index (κ1) is 18.3. The predicted octanol–water partition coefficient (Wildman–Crippen LogP) is 3.80. The fraction of sp³-hybridized carbons (Fsp3) is 0.933. The van der Waals surface area contributed by atoms with Crippen molar-refractivity contribution in [3.05, 3.63) is 0 Å². The zero-order valence-electron chi connectivity index (χ0n) is 12.8. The van der Waals surface area contributed by atoms with Crippen LogP contribution in [0.5, 0.6) is 0 Å². The van der Waals surface area contributed by atoms with Crippen LogP contribution in [0.2, 0.25) is 0 Å². The fourth-order valence-corrected chi connectivity index (χ4v) is 2.77. The van der Waals surface area contributed by atoms with Crippen LogP contribution in [-0.4, -0.2) is 24.3 Å². The van der Waals surface area contributed by atoms with Crippen molar-refractivity contribution in [1.29, 1.82) is 0 Å². The van der Waals surface area contributed by atoms with E-state index in [1.165, 1.54) is 0 Å². The summed E-state index contributed by atoms with van der Waals surface area (Å²) in [5.74, 6) is -1.96. The van der Waals surface area contributed by atoms with Gasteiger partial charge in [0.15, 0.2) is 0 Å². The number of nitrogens with two attached hydrogens (primary N) is 1. The summed E-state index contributed by atoms with van der Waals surface area (Å²) in [4.78, 5) is 12.1. The SMILES string of the molecule is CCC(C)OC(=O)[C@@H](CC1CCCCC1)[C@H](N)C(F)(F)F. The largest absolute Gasteiger partial charge is 0.462 e. The Kier molecular flexibility index (Phi) is 6.97. The summed E-state index contributed by atoms with van der Waals surface area (Å²) in [6.07, 6.45) is 0.677. The molecule has 1 fully saturated rings. The molecule has 1 aliphatic rings. The molecule has 0 bridgehead atoms. The van der Waals surface area contributed by atoms with Crippen molar-refractivity contribution in [2.75, 3.05) is 0 Å². The van der Waals surface area contributed by atoms with Gasteiger partial charge in [0.1, 0.15) is 6.04 Å². The van der Waals surface area contributed by atoms with Gasteiger partial charge in [0.25, 0.3) is 0 Å². The molecule has 0 aromatic heterocycles. The van der Waals surface area contributed by atoms with Gasteiger partial charge in [0, 0.05) is 0 Å². The standard InChI is InChI=1S/C15H26F3NO2/c1-3-10(2)21-14(20)12(13(19)15(16,17)18)9-11-7-5-4-6-8-11/h10-13H,3-9,19H2,1-2H3/t10?,12-,13-/m0/s1. The molecular formula is C15H26F3NO2. The van der Waals surface area contributed by atoms with E-state index in [2.05, 4.69) is 0 Å². The van der Waals surface area contributed by atoms with E-state index in [-0.39, 0.29) is 18.4 Å². The molecule has 0 amide bonds. The van der Waals surface area contributed by atoms with Crippen LogP contribution in [0.15, 0.2) is 0 Å². The number of ether oxygens (including phenoxy) is 1. The highest BCUT2D eigenvalue weighted by atomic mass is 19.4. The van der Waals surface area contributed by atoms with E-state index in [1.807, 2.05) is 6.92 Å². The van der Waals surface area contributed by atoms with Crippen LogP contribution in [0.25, 0.3) is 0 Å². The van der Waals surface area contributed by atoms with Crippen molar-refractivity contribution in [3.8, 4) is 0 Å². The van der Waals surface area contributed by atoms with Gasteiger partial charge in [-0.1, -0.05) is 39.0 Å². The first-order valence-corrected chi connectivity index (χ1v) is 7.78. The normalized spacial score (nSPS) is 21.6. The number of esters is 1. The fourth-order valence-electron chi connectivity index (χ4n) is 2.77. The molecule has 0 saturated heterocycles. The molecule has 0 heterocycles. The van der Waals surface area contributed by atoms with Crippen LogP contribution in [0.4, 0.5) is 13.2 Å². The van der Waals surface area contributed by atoms with Gasteiger partial charge in [-0.3, -0.25) is 4.79 Å². The van der Waals surface area contributed by atoms with E-state index in [0.29, 0.717) is 6.42 Å². The van der Waals surface area contributed by atoms with Crippen LogP contribution in [0.1, 0.15) is 58.8 Å². The number of halogens is 3. The third-order valence-electron chi connectivity index (χ3n) is 4.32. The Labute approximate surface area is 124 Å². The second-order valence-corrected chi connectivity index (χ2v) is 6.07. The van der Waals surface area contributed by atoms with E-state index < -0.39 is 24.1 Å². The van der Waals surface area contributed by atoms with Crippen LogP contribution >= 0.6 is 0 Å². The lowest BCUT2D eigenvalue weighted by molar-refractivity contribution is -0.180. The maximum atomic E-state index is 12.9. The molecule has 1 saturated carbocycles. The third-order valence-corrected chi connectivity index (χ3v) is 4.32. The van der Waals surface area contributed by atoms with Crippen molar-refractivity contribution in [2.24, 2.45) is 17.6 Å². The van der Waals surface area contributed by atoms with E-state index >= 15 is 0 Å². The lowest BCUT2D eigenvalue weighted by Crippen LogP contribution is -2.48. The minimum Gasteiger partial charge on any atom is -0.462 e. The zero-order valence-corrected chi connectivity index (χ0v) is 12.8. The molecule has 6 heteroatoms. The number of carbonyl (C=O) groups excluding carboxylic acids is 1. The molecule has 1 rings (SSSR count). The Bertz CT molecular complexity index is 327.